The number of nitro benzene ring substituents is 1. The average molecular weight is 461 g/mol. The number of rotatable bonds is 3. The third-order valence-corrected chi connectivity index (χ3v) is 6.45. The fraction of sp³-hybridized carbons (Fsp3) is 0.115. The van der Waals surface area contributed by atoms with Crippen LogP contribution in [0.3, 0.4) is 0 Å². The second-order valence-corrected chi connectivity index (χ2v) is 8.29. The second kappa shape index (κ2) is 7.44. The van der Waals surface area contributed by atoms with E-state index in [-0.39, 0.29) is 28.2 Å². The Labute approximate surface area is 199 Å². The number of hydrazone groups is 1. The largest absolute Gasteiger partial charge is 0.291 e. The molecular formula is C26H15N5O4. The van der Waals surface area contributed by atoms with E-state index in [0.717, 1.165) is 10.6 Å². The van der Waals surface area contributed by atoms with Crippen molar-refractivity contribution in [2.75, 3.05) is 5.01 Å². The number of carbonyl (C=O) groups excluding carboxylic acids is 2. The van der Waals surface area contributed by atoms with E-state index in [4.69, 9.17) is 0 Å². The van der Waals surface area contributed by atoms with Crippen molar-refractivity contribution >= 4 is 28.7 Å². The third-order valence-electron chi connectivity index (χ3n) is 6.45. The van der Waals surface area contributed by atoms with Gasteiger partial charge >= 0.3 is 0 Å². The number of Topliss-reactive ketones (excluding diaryl/α,β-unsaturated/α-hetero) is 2. The molecule has 1 aliphatic heterocycles. The third kappa shape index (κ3) is 2.63. The van der Waals surface area contributed by atoms with Gasteiger partial charge in [0.05, 0.1) is 22.7 Å². The summed E-state index contributed by atoms with van der Waals surface area (Å²) in [5, 5.41) is 37.7. The Hall–Kier alpha value is -5.15. The molecule has 0 radical (unpaired) electrons. The summed E-state index contributed by atoms with van der Waals surface area (Å²) in [6.45, 7) is 1.87. The fourth-order valence-electron chi connectivity index (χ4n) is 4.73. The van der Waals surface area contributed by atoms with Crippen molar-refractivity contribution in [2.24, 2.45) is 10.5 Å². The number of nitriles is 2. The van der Waals surface area contributed by atoms with Crippen molar-refractivity contribution in [3.63, 3.8) is 0 Å². The lowest BCUT2D eigenvalue weighted by molar-refractivity contribution is -0.384. The first-order valence-corrected chi connectivity index (χ1v) is 10.5. The predicted octanol–water partition coefficient (Wildman–Crippen LogP) is 3.98. The van der Waals surface area contributed by atoms with Gasteiger partial charge in [-0.2, -0.15) is 15.6 Å². The summed E-state index contributed by atoms with van der Waals surface area (Å²) in [6, 6.07) is 22.0. The van der Waals surface area contributed by atoms with E-state index in [1.165, 1.54) is 36.4 Å². The first-order valence-electron chi connectivity index (χ1n) is 10.5. The van der Waals surface area contributed by atoms with Crippen molar-refractivity contribution in [1.29, 1.82) is 10.5 Å². The number of fused-ring (bicyclic) bond motifs is 1. The van der Waals surface area contributed by atoms with Gasteiger partial charge in [0, 0.05) is 28.8 Å². The minimum Gasteiger partial charge on any atom is -0.291 e. The second-order valence-electron chi connectivity index (χ2n) is 8.29. The Kier molecular flexibility index (Phi) is 4.61. The first kappa shape index (κ1) is 21.7. The summed E-state index contributed by atoms with van der Waals surface area (Å²) in [6.07, 6.45) is 0. The lowest BCUT2D eigenvalue weighted by Crippen LogP contribution is -2.63. The number of benzene rings is 3. The van der Waals surface area contributed by atoms with Crippen LogP contribution in [0, 0.1) is 45.1 Å². The number of hydrogen-bond acceptors (Lipinski definition) is 8. The number of carbonyl (C=O) groups is 2. The van der Waals surface area contributed by atoms with Gasteiger partial charge in [0.1, 0.15) is 5.71 Å². The Morgan fingerprint density at radius 3 is 1.91 bits per heavy atom. The van der Waals surface area contributed by atoms with Gasteiger partial charge in [0.15, 0.2) is 0 Å². The molecule has 0 bridgehead atoms. The van der Waals surface area contributed by atoms with Gasteiger partial charge in [-0.3, -0.25) is 19.7 Å². The Bertz CT molecular complexity index is 1490. The van der Waals surface area contributed by atoms with Crippen molar-refractivity contribution in [3.8, 4) is 12.1 Å². The number of nitrogens with zero attached hydrogens (tertiary/aromatic N) is 5. The molecule has 2 aliphatic rings. The van der Waals surface area contributed by atoms with Crippen LogP contribution in [0.2, 0.25) is 0 Å². The first-order chi connectivity index (χ1) is 16.8. The summed E-state index contributed by atoms with van der Waals surface area (Å²) in [5.41, 5.74) is -3.23. The van der Waals surface area contributed by atoms with Crippen LogP contribution in [0.1, 0.15) is 31.8 Å². The van der Waals surface area contributed by atoms with Crippen LogP contribution in [-0.2, 0) is 0 Å². The Balaban J connectivity index is 1.84. The van der Waals surface area contributed by atoms with Crippen LogP contribution in [-0.4, -0.2) is 27.7 Å². The smallest absolute Gasteiger partial charge is 0.269 e. The molecule has 168 valence electrons. The van der Waals surface area contributed by atoms with Crippen molar-refractivity contribution < 1.29 is 14.5 Å². The van der Waals surface area contributed by atoms with Gasteiger partial charge in [-0.05, 0) is 19.1 Å². The zero-order chi connectivity index (χ0) is 25.0. The lowest BCUT2D eigenvalue weighted by atomic mass is 9.64. The van der Waals surface area contributed by atoms with E-state index in [0.29, 0.717) is 5.56 Å². The molecular weight excluding hydrogens is 446 g/mol. The van der Waals surface area contributed by atoms with Crippen molar-refractivity contribution in [2.45, 2.75) is 12.5 Å². The maximum atomic E-state index is 14.0. The van der Waals surface area contributed by atoms with Gasteiger partial charge in [-0.1, -0.05) is 54.1 Å². The molecule has 0 unspecified atom stereocenters. The summed E-state index contributed by atoms with van der Waals surface area (Å²) >= 11 is 0. The highest BCUT2D eigenvalue weighted by atomic mass is 16.6. The van der Waals surface area contributed by atoms with Gasteiger partial charge in [0.2, 0.25) is 22.5 Å². The number of ketones is 2. The van der Waals surface area contributed by atoms with E-state index < -0.39 is 27.4 Å². The summed E-state index contributed by atoms with van der Waals surface area (Å²) < 4.78 is 0. The van der Waals surface area contributed by atoms with Crippen molar-refractivity contribution in [1.82, 2.24) is 0 Å². The van der Waals surface area contributed by atoms with E-state index in [1.54, 1.807) is 36.4 Å². The van der Waals surface area contributed by atoms with Crippen LogP contribution in [0.5, 0.6) is 0 Å². The quantitative estimate of drug-likeness (QED) is 0.326. The topological polar surface area (TPSA) is 140 Å². The molecule has 9 nitrogen and oxygen atoms in total. The lowest BCUT2D eigenvalue weighted by Gasteiger charge is -2.36. The monoisotopic (exact) mass is 461 g/mol. The number of hydrogen-bond donors (Lipinski definition) is 0. The number of non-ortho nitro benzene ring substituents is 1. The molecule has 0 aromatic heterocycles. The maximum Gasteiger partial charge on any atom is 0.269 e. The molecule has 0 saturated carbocycles. The highest BCUT2D eigenvalue weighted by Crippen LogP contribution is 2.53. The molecule has 35 heavy (non-hydrogen) atoms. The molecule has 3 aromatic rings. The molecule has 3 aromatic carbocycles. The summed E-state index contributed by atoms with van der Waals surface area (Å²) in [4.78, 5) is 38.6. The zero-order valence-electron chi connectivity index (χ0n) is 18.3. The minimum absolute atomic E-state index is 0.0460. The Morgan fingerprint density at radius 1 is 0.886 bits per heavy atom. The van der Waals surface area contributed by atoms with Crippen LogP contribution >= 0.6 is 0 Å². The molecule has 0 saturated heterocycles. The maximum absolute atomic E-state index is 14.0. The molecule has 1 heterocycles. The van der Waals surface area contributed by atoms with Crippen molar-refractivity contribution in [3.05, 3.63) is 105 Å². The molecule has 0 N–H and O–H groups in total. The minimum atomic E-state index is -2.34. The van der Waals surface area contributed by atoms with Gasteiger partial charge in [-0.15, -0.1) is 0 Å². The average Bonchev–Trinajstić information content (AvgIpc) is 3.31. The standard InChI is InChI=1S/C26H15N5O4/c1-16-6-8-17(9-7-16)22-25(14-27,15-28)26(23(32)20-4-2-3-5-21(20)24(26)33)30(29-22)18-10-12-19(13-11-18)31(34)35/h2-13H,1H3. The van der Waals surface area contributed by atoms with Gasteiger partial charge in [0.25, 0.3) is 5.69 Å². The van der Waals surface area contributed by atoms with Crippen LogP contribution in [0.25, 0.3) is 0 Å². The fourth-order valence-corrected chi connectivity index (χ4v) is 4.73. The van der Waals surface area contributed by atoms with E-state index in [1.807, 2.05) is 19.1 Å². The SMILES string of the molecule is Cc1ccc(C2=NN(c3ccc([N+](=O)[O-])cc3)C3(C(=O)c4ccccc4C3=O)C2(C#N)C#N)cc1. The van der Waals surface area contributed by atoms with Gasteiger partial charge in [-0.25, -0.2) is 5.01 Å². The van der Waals surface area contributed by atoms with E-state index in [2.05, 4.69) is 5.10 Å². The highest BCUT2D eigenvalue weighted by molar-refractivity contribution is 6.39. The molecule has 0 atom stereocenters. The molecule has 5 rings (SSSR count). The van der Waals surface area contributed by atoms with Gasteiger partial charge < -0.3 is 0 Å². The van der Waals surface area contributed by atoms with E-state index in [9.17, 15) is 30.2 Å². The van der Waals surface area contributed by atoms with Crippen LogP contribution in [0.15, 0.2) is 77.9 Å². The number of anilines is 1. The van der Waals surface area contributed by atoms with Crippen LogP contribution in [0.4, 0.5) is 11.4 Å². The predicted molar refractivity (Wildman–Crippen MR) is 125 cm³/mol. The molecule has 1 spiro atoms. The van der Waals surface area contributed by atoms with Crippen LogP contribution < -0.4 is 5.01 Å². The molecule has 0 amide bonds. The molecule has 1 aliphatic carbocycles. The summed E-state index contributed by atoms with van der Waals surface area (Å²) in [5.74, 6) is -1.46. The number of aryl methyl sites for hydroxylation is 1. The normalized spacial score (nSPS) is 17.0. The molecule has 9 heteroatoms. The number of nitro groups is 1. The molecule has 0 fully saturated rings. The van der Waals surface area contributed by atoms with E-state index >= 15 is 0 Å². The zero-order valence-corrected chi connectivity index (χ0v) is 18.3. The highest BCUT2D eigenvalue weighted by Gasteiger charge is 2.75. The Morgan fingerprint density at radius 2 is 1.43 bits per heavy atom. The summed E-state index contributed by atoms with van der Waals surface area (Å²) in [7, 11) is 0.